The molecule has 0 radical (unpaired) electrons. The highest BCUT2D eigenvalue weighted by molar-refractivity contribution is 4.95. The maximum Gasteiger partial charge on any atom is 0.278 e. The predicted molar refractivity (Wildman–Crippen MR) is 41.0 cm³/mol. The Morgan fingerprint density at radius 1 is 0.818 bits per heavy atom. The van der Waals surface area contributed by atoms with Crippen LogP contribution in [0.15, 0.2) is 0 Å². The van der Waals surface area contributed by atoms with Gasteiger partial charge in [0.05, 0.1) is 11.2 Å². The molecule has 1 rings (SSSR count). The van der Waals surface area contributed by atoms with Gasteiger partial charge in [-0.25, -0.2) is 0 Å². The van der Waals surface area contributed by atoms with Gasteiger partial charge >= 0.3 is 0 Å². The lowest BCUT2D eigenvalue weighted by Gasteiger charge is -2.29. The van der Waals surface area contributed by atoms with Crippen LogP contribution in [0, 0.1) is 0 Å². The average molecular weight is 160 g/mol. The maximum atomic E-state index is 9.42. The number of hydrogen-bond donors (Lipinski definition) is 1. The van der Waals surface area contributed by atoms with Crippen molar-refractivity contribution in [3.63, 3.8) is 0 Å². The van der Waals surface area contributed by atoms with Gasteiger partial charge in [-0.05, 0) is 27.7 Å². The van der Waals surface area contributed by atoms with Crippen molar-refractivity contribution in [2.45, 2.75) is 51.8 Å². The van der Waals surface area contributed by atoms with Crippen LogP contribution >= 0.6 is 0 Å². The van der Waals surface area contributed by atoms with Crippen molar-refractivity contribution >= 4 is 0 Å². The van der Waals surface area contributed by atoms with E-state index in [0.717, 1.165) is 0 Å². The Kier molecular flexibility index (Phi) is 1.61. The summed E-state index contributed by atoms with van der Waals surface area (Å²) in [7, 11) is 0. The van der Waals surface area contributed by atoms with Gasteiger partial charge in [0.15, 0.2) is 0 Å². The van der Waals surface area contributed by atoms with E-state index in [1.54, 1.807) is 0 Å². The molecular weight excluding hydrogens is 144 g/mol. The fourth-order valence-electron chi connectivity index (χ4n) is 1.21. The summed E-state index contributed by atoms with van der Waals surface area (Å²) in [6.07, 6.45) is 0. The molecule has 0 unspecified atom stereocenters. The van der Waals surface area contributed by atoms with E-state index in [4.69, 9.17) is 9.47 Å². The standard InChI is InChI=1S/C8H16O3/c1-6(2)7(3,4)11-8(5,9)10-6/h9H,1-5H3. The Balaban J connectivity index is 2.89. The van der Waals surface area contributed by atoms with Crippen LogP contribution in [0.3, 0.4) is 0 Å². The molecule has 66 valence electrons. The van der Waals surface area contributed by atoms with E-state index in [1.165, 1.54) is 6.92 Å². The molecule has 0 amide bonds. The quantitative estimate of drug-likeness (QED) is 0.579. The summed E-state index contributed by atoms with van der Waals surface area (Å²) in [6, 6.07) is 0. The topological polar surface area (TPSA) is 38.7 Å². The second kappa shape index (κ2) is 1.97. The molecule has 0 aromatic rings. The van der Waals surface area contributed by atoms with Crippen molar-refractivity contribution in [2.24, 2.45) is 0 Å². The molecule has 1 heterocycles. The van der Waals surface area contributed by atoms with E-state index in [9.17, 15) is 5.11 Å². The molecule has 1 saturated heterocycles. The van der Waals surface area contributed by atoms with Crippen LogP contribution in [0.5, 0.6) is 0 Å². The summed E-state index contributed by atoms with van der Waals surface area (Å²) in [4.78, 5) is 0. The first-order chi connectivity index (χ1) is 4.66. The number of ether oxygens (including phenoxy) is 2. The van der Waals surface area contributed by atoms with E-state index < -0.39 is 17.2 Å². The van der Waals surface area contributed by atoms with Crippen LogP contribution in [0.2, 0.25) is 0 Å². The molecule has 11 heavy (non-hydrogen) atoms. The van der Waals surface area contributed by atoms with Crippen molar-refractivity contribution < 1.29 is 14.6 Å². The Bertz CT molecular complexity index is 152. The molecule has 0 atom stereocenters. The van der Waals surface area contributed by atoms with Gasteiger partial charge in [0.25, 0.3) is 5.97 Å². The molecule has 3 nitrogen and oxygen atoms in total. The van der Waals surface area contributed by atoms with Crippen LogP contribution in [0.4, 0.5) is 0 Å². The minimum Gasteiger partial charge on any atom is -0.344 e. The minimum atomic E-state index is -1.44. The van der Waals surface area contributed by atoms with Crippen molar-refractivity contribution in [2.75, 3.05) is 0 Å². The zero-order valence-corrected chi connectivity index (χ0v) is 7.76. The van der Waals surface area contributed by atoms with Gasteiger partial charge in [-0.15, -0.1) is 0 Å². The molecule has 0 saturated carbocycles. The fraction of sp³-hybridized carbons (Fsp3) is 1.00. The largest absolute Gasteiger partial charge is 0.344 e. The molecule has 1 aliphatic rings. The normalized spacial score (nSPS) is 32.2. The Hall–Kier alpha value is -0.120. The van der Waals surface area contributed by atoms with Gasteiger partial charge in [0.2, 0.25) is 0 Å². The van der Waals surface area contributed by atoms with E-state index in [0.29, 0.717) is 0 Å². The third-order valence-electron chi connectivity index (χ3n) is 2.34. The monoisotopic (exact) mass is 160 g/mol. The lowest BCUT2D eigenvalue weighted by Crippen LogP contribution is -2.41. The number of hydrogen-bond acceptors (Lipinski definition) is 3. The van der Waals surface area contributed by atoms with Crippen LogP contribution in [-0.4, -0.2) is 22.3 Å². The summed E-state index contributed by atoms with van der Waals surface area (Å²) < 4.78 is 10.6. The van der Waals surface area contributed by atoms with Crippen molar-refractivity contribution in [1.82, 2.24) is 0 Å². The molecule has 1 N–H and O–H groups in total. The van der Waals surface area contributed by atoms with Gasteiger partial charge in [0.1, 0.15) is 0 Å². The van der Waals surface area contributed by atoms with Gasteiger partial charge < -0.3 is 14.6 Å². The van der Waals surface area contributed by atoms with Crippen LogP contribution in [-0.2, 0) is 9.47 Å². The lowest BCUT2D eigenvalue weighted by atomic mass is 9.90. The molecule has 1 fully saturated rings. The summed E-state index contributed by atoms with van der Waals surface area (Å²) in [5, 5.41) is 9.42. The maximum absolute atomic E-state index is 9.42. The first kappa shape index (κ1) is 8.97. The molecule has 0 aromatic carbocycles. The van der Waals surface area contributed by atoms with Crippen LogP contribution < -0.4 is 0 Å². The molecule has 1 aliphatic heterocycles. The molecule has 0 aliphatic carbocycles. The van der Waals surface area contributed by atoms with Crippen molar-refractivity contribution in [1.29, 1.82) is 0 Å². The van der Waals surface area contributed by atoms with E-state index >= 15 is 0 Å². The highest BCUT2D eigenvalue weighted by Gasteiger charge is 2.54. The van der Waals surface area contributed by atoms with Crippen LogP contribution in [0.1, 0.15) is 34.6 Å². The van der Waals surface area contributed by atoms with Crippen molar-refractivity contribution in [3.05, 3.63) is 0 Å². The molecular formula is C8H16O3. The lowest BCUT2D eigenvalue weighted by molar-refractivity contribution is -0.314. The van der Waals surface area contributed by atoms with E-state index in [2.05, 4.69) is 0 Å². The average Bonchev–Trinajstić information content (AvgIpc) is 1.66. The molecule has 3 heteroatoms. The van der Waals surface area contributed by atoms with E-state index in [1.807, 2.05) is 27.7 Å². The summed E-state index contributed by atoms with van der Waals surface area (Å²) in [5.41, 5.74) is -0.896. The minimum absolute atomic E-state index is 0.448. The summed E-state index contributed by atoms with van der Waals surface area (Å²) >= 11 is 0. The van der Waals surface area contributed by atoms with Gasteiger partial charge in [0, 0.05) is 6.92 Å². The second-order valence-electron chi connectivity index (χ2n) is 4.12. The number of aliphatic hydroxyl groups is 1. The van der Waals surface area contributed by atoms with Crippen molar-refractivity contribution in [3.8, 4) is 0 Å². The zero-order valence-electron chi connectivity index (χ0n) is 7.76. The third kappa shape index (κ3) is 1.41. The number of rotatable bonds is 0. The second-order valence-corrected chi connectivity index (χ2v) is 4.12. The first-order valence-corrected chi connectivity index (χ1v) is 3.79. The fourth-order valence-corrected chi connectivity index (χ4v) is 1.21. The third-order valence-corrected chi connectivity index (χ3v) is 2.34. The van der Waals surface area contributed by atoms with Gasteiger partial charge in [-0.2, -0.15) is 0 Å². The molecule has 0 aromatic heterocycles. The molecule has 0 bridgehead atoms. The Morgan fingerprint density at radius 2 is 1.09 bits per heavy atom. The SMILES string of the molecule is CC1(O)OC(C)(C)C(C)(C)O1. The van der Waals surface area contributed by atoms with Crippen LogP contribution in [0.25, 0.3) is 0 Å². The molecule has 0 spiro atoms. The smallest absolute Gasteiger partial charge is 0.278 e. The summed E-state index contributed by atoms with van der Waals surface area (Å²) in [6.45, 7) is 9.09. The van der Waals surface area contributed by atoms with E-state index in [-0.39, 0.29) is 0 Å². The Labute approximate surface area is 67.3 Å². The summed E-state index contributed by atoms with van der Waals surface area (Å²) in [5.74, 6) is -1.44. The zero-order chi connectivity index (χ0) is 8.91. The predicted octanol–water partition coefficient (Wildman–Crippen LogP) is 1.26. The first-order valence-electron chi connectivity index (χ1n) is 3.79. The highest BCUT2D eigenvalue weighted by atomic mass is 16.9. The van der Waals surface area contributed by atoms with Gasteiger partial charge in [-0.3, -0.25) is 0 Å². The Morgan fingerprint density at radius 3 is 1.18 bits per heavy atom. The highest BCUT2D eigenvalue weighted by Crippen LogP contribution is 2.42. The van der Waals surface area contributed by atoms with Gasteiger partial charge in [-0.1, -0.05) is 0 Å².